The maximum atomic E-state index is 4.35. The molecule has 1 fully saturated rings. The van der Waals surface area contributed by atoms with Gasteiger partial charge in [0.2, 0.25) is 0 Å². The lowest BCUT2D eigenvalue weighted by Gasteiger charge is -2.20. The van der Waals surface area contributed by atoms with Crippen molar-refractivity contribution in [3.05, 3.63) is 22.3 Å². The fourth-order valence-corrected chi connectivity index (χ4v) is 2.39. The smallest absolute Gasteiger partial charge is 0.140 e. The number of rotatable bonds is 6. The third-order valence-corrected chi connectivity index (χ3v) is 4.24. The van der Waals surface area contributed by atoms with E-state index in [1.807, 2.05) is 12.3 Å². The van der Waals surface area contributed by atoms with Crippen LogP contribution in [0.1, 0.15) is 25.3 Å². The summed E-state index contributed by atoms with van der Waals surface area (Å²) < 4.78 is 1.08. The molecule has 1 aromatic rings. The summed E-state index contributed by atoms with van der Waals surface area (Å²) in [6.45, 7) is 7.52. The van der Waals surface area contributed by atoms with E-state index in [0.717, 1.165) is 36.0 Å². The van der Waals surface area contributed by atoms with E-state index in [4.69, 9.17) is 0 Å². The molecule has 0 aromatic carbocycles. The van der Waals surface area contributed by atoms with Crippen LogP contribution < -0.4 is 5.32 Å². The summed E-state index contributed by atoms with van der Waals surface area (Å²) in [4.78, 5) is 6.88. The van der Waals surface area contributed by atoms with Crippen molar-refractivity contribution in [1.29, 1.82) is 0 Å². The number of anilines is 1. The van der Waals surface area contributed by atoms with E-state index in [0.29, 0.717) is 0 Å². The van der Waals surface area contributed by atoms with Crippen molar-refractivity contribution in [1.82, 2.24) is 9.88 Å². The topological polar surface area (TPSA) is 28.2 Å². The van der Waals surface area contributed by atoms with Crippen molar-refractivity contribution >= 4 is 21.7 Å². The van der Waals surface area contributed by atoms with Gasteiger partial charge < -0.3 is 5.32 Å². The average molecular weight is 298 g/mol. The highest BCUT2D eigenvalue weighted by molar-refractivity contribution is 9.10. The van der Waals surface area contributed by atoms with Crippen LogP contribution in [0.2, 0.25) is 0 Å². The van der Waals surface area contributed by atoms with Crippen molar-refractivity contribution in [2.45, 2.75) is 32.7 Å². The standard InChI is InChI=1S/C13H20BrN3/c1-3-17(11-4-5-11)9-8-16-13-12(14)10(2)6-7-15-13/h6-7,11H,3-5,8-9H2,1-2H3,(H,15,16). The summed E-state index contributed by atoms with van der Waals surface area (Å²) in [6, 6.07) is 2.85. The van der Waals surface area contributed by atoms with Crippen LogP contribution >= 0.6 is 15.9 Å². The Hall–Kier alpha value is -0.610. The largest absolute Gasteiger partial charge is 0.368 e. The lowest BCUT2D eigenvalue weighted by Crippen LogP contribution is -2.31. The first kappa shape index (κ1) is 12.8. The molecule has 3 nitrogen and oxygen atoms in total. The Morgan fingerprint density at radius 1 is 1.53 bits per heavy atom. The van der Waals surface area contributed by atoms with Crippen LogP contribution in [0.5, 0.6) is 0 Å². The van der Waals surface area contributed by atoms with Crippen LogP contribution in [0, 0.1) is 6.92 Å². The second kappa shape index (κ2) is 5.83. The average Bonchev–Trinajstić information content (AvgIpc) is 3.14. The molecule has 1 aliphatic rings. The molecule has 1 N–H and O–H groups in total. The molecule has 0 aliphatic heterocycles. The lowest BCUT2D eigenvalue weighted by molar-refractivity contribution is 0.289. The molecule has 0 atom stereocenters. The van der Waals surface area contributed by atoms with Crippen molar-refractivity contribution < 1.29 is 0 Å². The molecule has 1 saturated carbocycles. The Bertz CT molecular complexity index is 377. The monoisotopic (exact) mass is 297 g/mol. The van der Waals surface area contributed by atoms with E-state index in [1.165, 1.54) is 18.4 Å². The van der Waals surface area contributed by atoms with Crippen LogP contribution in [0.25, 0.3) is 0 Å². The molecule has 1 aromatic heterocycles. The third kappa shape index (κ3) is 3.42. The number of nitrogens with one attached hydrogen (secondary N) is 1. The summed E-state index contributed by atoms with van der Waals surface area (Å²) in [6.07, 6.45) is 4.60. The first-order chi connectivity index (χ1) is 8.22. The predicted octanol–water partition coefficient (Wildman–Crippen LogP) is 3.05. The van der Waals surface area contributed by atoms with E-state index < -0.39 is 0 Å². The van der Waals surface area contributed by atoms with Gasteiger partial charge in [-0.3, -0.25) is 4.90 Å². The van der Waals surface area contributed by atoms with Crippen molar-refractivity contribution in [3.63, 3.8) is 0 Å². The number of hydrogen-bond acceptors (Lipinski definition) is 3. The Balaban J connectivity index is 1.83. The SMILES string of the molecule is CCN(CCNc1nccc(C)c1Br)C1CC1. The fourth-order valence-electron chi connectivity index (χ4n) is 2.02. The van der Waals surface area contributed by atoms with Crippen LogP contribution in [-0.4, -0.2) is 35.6 Å². The first-order valence-corrected chi connectivity index (χ1v) is 7.10. The molecular formula is C13H20BrN3. The number of pyridine rings is 1. The van der Waals surface area contributed by atoms with Crippen LogP contribution in [-0.2, 0) is 0 Å². The molecule has 17 heavy (non-hydrogen) atoms. The van der Waals surface area contributed by atoms with Gasteiger partial charge in [0.1, 0.15) is 5.82 Å². The molecule has 0 unspecified atom stereocenters. The highest BCUT2D eigenvalue weighted by Gasteiger charge is 2.27. The minimum atomic E-state index is 0.843. The van der Waals surface area contributed by atoms with Crippen molar-refractivity contribution in [3.8, 4) is 0 Å². The second-order valence-corrected chi connectivity index (χ2v) is 5.37. The summed E-state index contributed by atoms with van der Waals surface area (Å²) in [5.41, 5.74) is 1.22. The highest BCUT2D eigenvalue weighted by Crippen LogP contribution is 2.26. The molecule has 0 spiro atoms. The molecule has 0 bridgehead atoms. The van der Waals surface area contributed by atoms with Gasteiger partial charge in [-0.15, -0.1) is 0 Å². The molecule has 1 aliphatic carbocycles. The maximum absolute atomic E-state index is 4.35. The van der Waals surface area contributed by atoms with Gasteiger partial charge in [-0.05, 0) is 53.9 Å². The normalized spacial score (nSPS) is 15.3. The van der Waals surface area contributed by atoms with Crippen molar-refractivity contribution in [2.24, 2.45) is 0 Å². The minimum Gasteiger partial charge on any atom is -0.368 e. The van der Waals surface area contributed by atoms with Crippen LogP contribution in [0.15, 0.2) is 16.7 Å². The van der Waals surface area contributed by atoms with E-state index in [-0.39, 0.29) is 0 Å². The van der Waals surface area contributed by atoms with Gasteiger partial charge in [-0.2, -0.15) is 0 Å². The quantitative estimate of drug-likeness (QED) is 0.875. The number of likely N-dealkylation sites (N-methyl/N-ethyl adjacent to an activating group) is 1. The summed E-state index contributed by atoms with van der Waals surface area (Å²) in [7, 11) is 0. The molecule has 4 heteroatoms. The lowest BCUT2D eigenvalue weighted by atomic mass is 10.3. The van der Waals surface area contributed by atoms with Gasteiger partial charge in [-0.25, -0.2) is 4.98 Å². The van der Waals surface area contributed by atoms with Gasteiger partial charge in [0.05, 0.1) is 4.47 Å². The van der Waals surface area contributed by atoms with Crippen molar-refractivity contribution in [2.75, 3.05) is 25.0 Å². The van der Waals surface area contributed by atoms with Crippen LogP contribution in [0.4, 0.5) is 5.82 Å². The summed E-state index contributed by atoms with van der Waals surface area (Å²) in [5, 5.41) is 3.40. The molecule has 0 radical (unpaired) electrons. The van der Waals surface area contributed by atoms with Gasteiger partial charge in [0.25, 0.3) is 0 Å². The Morgan fingerprint density at radius 2 is 2.29 bits per heavy atom. The number of aromatic nitrogens is 1. The molecule has 1 heterocycles. The molecular weight excluding hydrogens is 278 g/mol. The number of hydrogen-bond donors (Lipinski definition) is 1. The van der Waals surface area contributed by atoms with Gasteiger partial charge in [0, 0.05) is 25.3 Å². The molecule has 0 amide bonds. The zero-order valence-corrected chi connectivity index (χ0v) is 12.1. The maximum Gasteiger partial charge on any atom is 0.140 e. The molecule has 94 valence electrons. The first-order valence-electron chi connectivity index (χ1n) is 6.31. The number of halogens is 1. The third-order valence-electron chi connectivity index (χ3n) is 3.24. The van der Waals surface area contributed by atoms with E-state index in [2.05, 4.69) is 45.0 Å². The van der Waals surface area contributed by atoms with Gasteiger partial charge in [0.15, 0.2) is 0 Å². The zero-order valence-electron chi connectivity index (χ0n) is 10.5. The van der Waals surface area contributed by atoms with E-state index >= 15 is 0 Å². The zero-order chi connectivity index (χ0) is 12.3. The number of nitrogens with zero attached hydrogens (tertiary/aromatic N) is 2. The Morgan fingerprint density at radius 3 is 2.94 bits per heavy atom. The molecule has 2 rings (SSSR count). The molecule has 0 saturated heterocycles. The summed E-state index contributed by atoms with van der Waals surface area (Å²) in [5.74, 6) is 0.955. The fraction of sp³-hybridized carbons (Fsp3) is 0.615. The minimum absolute atomic E-state index is 0.843. The second-order valence-electron chi connectivity index (χ2n) is 4.58. The van der Waals surface area contributed by atoms with E-state index in [1.54, 1.807) is 0 Å². The summed E-state index contributed by atoms with van der Waals surface area (Å²) >= 11 is 3.57. The van der Waals surface area contributed by atoms with Gasteiger partial charge in [-0.1, -0.05) is 6.92 Å². The Labute approximate surface area is 112 Å². The highest BCUT2D eigenvalue weighted by atomic mass is 79.9. The Kier molecular flexibility index (Phi) is 4.40. The van der Waals surface area contributed by atoms with Crippen LogP contribution in [0.3, 0.4) is 0 Å². The van der Waals surface area contributed by atoms with E-state index in [9.17, 15) is 0 Å². The number of aryl methyl sites for hydroxylation is 1. The predicted molar refractivity (Wildman–Crippen MR) is 75.4 cm³/mol. The van der Waals surface area contributed by atoms with Gasteiger partial charge >= 0.3 is 0 Å².